The van der Waals surface area contributed by atoms with Gasteiger partial charge in [0.15, 0.2) is 0 Å². The Hall–Kier alpha value is 0.716. The summed E-state index contributed by atoms with van der Waals surface area (Å²) in [6, 6.07) is 3.83. The Balaban J connectivity index is 5.33. The molecular formula is C26H56OSiSn. The molecule has 0 N–H and O–H groups in total. The van der Waals surface area contributed by atoms with Crippen molar-refractivity contribution in [3.05, 3.63) is 10.2 Å². The van der Waals surface area contributed by atoms with Crippen LogP contribution >= 0.6 is 0 Å². The molecular weight excluding hydrogens is 475 g/mol. The second kappa shape index (κ2) is 18.3. The van der Waals surface area contributed by atoms with Crippen LogP contribution in [0.25, 0.3) is 0 Å². The Morgan fingerprint density at radius 1 is 0.690 bits per heavy atom. The van der Waals surface area contributed by atoms with E-state index in [4.69, 9.17) is 4.43 Å². The standard InChI is InChI=1S/C14H29OSi.3C4H9.Sn/c1-6-11-13-14(12-7-2)15-16(8-3,9-4)10-5;3*1-3-4-2;/h2,7,14H,6,8-13H2,1,3-5H3;3*1,3-4H2,2H3;/t14-;;;;/m0..../s1. The normalized spacial score (nSPS) is 14.0. The summed E-state index contributed by atoms with van der Waals surface area (Å²) >= 11 is -2.14. The molecule has 0 unspecified atom stereocenters. The molecule has 0 rings (SSSR count). The number of hydrogen-bond donors (Lipinski definition) is 0. The van der Waals surface area contributed by atoms with Gasteiger partial charge in [0.1, 0.15) is 0 Å². The van der Waals surface area contributed by atoms with Gasteiger partial charge in [0.2, 0.25) is 0 Å². The molecule has 29 heavy (non-hydrogen) atoms. The maximum absolute atomic E-state index is 6.96. The molecule has 0 radical (unpaired) electrons. The van der Waals surface area contributed by atoms with Gasteiger partial charge in [-0.3, -0.25) is 0 Å². The minimum absolute atomic E-state index is 0.477. The Kier molecular flexibility index (Phi) is 18.8. The minimum atomic E-state index is -2.14. The Labute approximate surface area is 190 Å². The third-order valence-electron chi connectivity index (χ3n) is 7.18. The van der Waals surface area contributed by atoms with Crippen LogP contribution in [0, 0.1) is 0 Å². The van der Waals surface area contributed by atoms with E-state index in [1.165, 1.54) is 82.3 Å². The fourth-order valence-electron chi connectivity index (χ4n) is 4.69. The predicted octanol–water partition coefficient (Wildman–Crippen LogP) is 9.90. The Morgan fingerprint density at radius 3 is 1.52 bits per heavy atom. The van der Waals surface area contributed by atoms with Crippen molar-refractivity contribution in [2.75, 3.05) is 0 Å². The summed E-state index contributed by atoms with van der Waals surface area (Å²) in [6.07, 6.45) is 16.6. The third kappa shape index (κ3) is 12.4. The van der Waals surface area contributed by atoms with E-state index in [-0.39, 0.29) is 0 Å². The van der Waals surface area contributed by atoms with Crippen LogP contribution in [0.4, 0.5) is 0 Å². The van der Waals surface area contributed by atoms with Gasteiger partial charge in [0.25, 0.3) is 0 Å². The van der Waals surface area contributed by atoms with Crippen LogP contribution in [0.3, 0.4) is 0 Å². The van der Waals surface area contributed by atoms with Gasteiger partial charge in [-0.2, -0.15) is 0 Å². The second-order valence-electron chi connectivity index (χ2n) is 9.44. The average molecular weight is 532 g/mol. The molecule has 0 aromatic rings. The summed E-state index contributed by atoms with van der Waals surface area (Å²) in [5.41, 5.74) is 0. The number of unbranched alkanes of at least 4 members (excludes halogenated alkanes) is 4. The Morgan fingerprint density at radius 2 is 1.14 bits per heavy atom. The first kappa shape index (κ1) is 29.7. The molecule has 0 fully saturated rings. The van der Waals surface area contributed by atoms with Gasteiger partial charge in [0, 0.05) is 0 Å². The van der Waals surface area contributed by atoms with Crippen molar-refractivity contribution >= 4 is 26.7 Å². The maximum atomic E-state index is 6.96. The molecule has 0 heterocycles. The SMILES string of the molecule is CCCC[C@H](C/C=[CH]/[Sn]([CH2]CCC)([CH2]CCC)[CH2]CCC)O[Si](CC)(CC)CC. The molecule has 1 nitrogen and oxygen atoms in total. The molecule has 0 aromatic carbocycles. The van der Waals surface area contributed by atoms with Gasteiger partial charge in [-0.1, -0.05) is 0 Å². The zero-order valence-electron chi connectivity index (χ0n) is 21.5. The van der Waals surface area contributed by atoms with Crippen LogP contribution < -0.4 is 0 Å². The van der Waals surface area contributed by atoms with Gasteiger partial charge < -0.3 is 0 Å². The molecule has 0 aliphatic rings. The molecule has 0 spiro atoms. The zero-order chi connectivity index (χ0) is 22.0. The molecule has 0 bridgehead atoms. The molecule has 0 amide bonds. The second-order valence-corrected chi connectivity index (χ2v) is 27.2. The van der Waals surface area contributed by atoms with E-state index in [0.29, 0.717) is 6.10 Å². The fraction of sp³-hybridized carbons (Fsp3) is 0.923. The summed E-state index contributed by atoms with van der Waals surface area (Å²) in [5.74, 6) is 0. The summed E-state index contributed by atoms with van der Waals surface area (Å²) in [7, 11) is -1.51. The number of rotatable bonds is 20. The van der Waals surface area contributed by atoms with Crippen LogP contribution in [-0.2, 0) is 4.43 Å². The summed E-state index contributed by atoms with van der Waals surface area (Å²) in [6.45, 7) is 16.5. The van der Waals surface area contributed by atoms with E-state index >= 15 is 0 Å². The fourth-order valence-corrected chi connectivity index (χ4v) is 22.1. The first-order chi connectivity index (χ1) is 14.0. The van der Waals surface area contributed by atoms with Gasteiger partial charge >= 0.3 is 192 Å². The summed E-state index contributed by atoms with van der Waals surface area (Å²) in [5, 5.41) is 0. The first-order valence-corrected chi connectivity index (χ1v) is 23.6. The van der Waals surface area contributed by atoms with Gasteiger partial charge in [0.05, 0.1) is 0 Å². The third-order valence-corrected chi connectivity index (χ3v) is 26.1. The molecule has 3 heteroatoms. The van der Waals surface area contributed by atoms with E-state index in [0.717, 1.165) is 0 Å². The number of hydrogen-bond acceptors (Lipinski definition) is 1. The van der Waals surface area contributed by atoms with Crippen molar-refractivity contribution in [2.24, 2.45) is 0 Å². The van der Waals surface area contributed by atoms with E-state index < -0.39 is 26.7 Å². The molecule has 0 aliphatic carbocycles. The topological polar surface area (TPSA) is 9.23 Å². The van der Waals surface area contributed by atoms with E-state index in [1.807, 2.05) is 0 Å². The van der Waals surface area contributed by atoms with Gasteiger partial charge in [-0.05, 0) is 0 Å². The Bertz CT molecular complexity index is 362. The predicted molar refractivity (Wildman–Crippen MR) is 140 cm³/mol. The van der Waals surface area contributed by atoms with Crippen molar-refractivity contribution < 1.29 is 4.43 Å². The van der Waals surface area contributed by atoms with Crippen molar-refractivity contribution in [3.8, 4) is 0 Å². The molecule has 0 saturated heterocycles. The molecule has 0 saturated carbocycles. The van der Waals surface area contributed by atoms with E-state index in [2.05, 4.69) is 58.6 Å². The zero-order valence-corrected chi connectivity index (χ0v) is 25.3. The van der Waals surface area contributed by atoms with Crippen LogP contribution in [0.5, 0.6) is 0 Å². The molecule has 0 aromatic heterocycles. The first-order valence-electron chi connectivity index (χ1n) is 13.4. The summed E-state index contributed by atoms with van der Waals surface area (Å²) in [4.78, 5) is 0. The van der Waals surface area contributed by atoms with E-state index in [1.54, 1.807) is 13.3 Å². The van der Waals surface area contributed by atoms with Gasteiger partial charge in [-0.25, -0.2) is 0 Å². The van der Waals surface area contributed by atoms with Crippen molar-refractivity contribution in [2.45, 2.75) is 150 Å². The molecule has 0 aliphatic heterocycles. The average Bonchev–Trinajstić information content (AvgIpc) is 2.76. The summed E-state index contributed by atoms with van der Waals surface area (Å²) < 4.78 is 14.6. The van der Waals surface area contributed by atoms with Crippen molar-refractivity contribution in [3.63, 3.8) is 0 Å². The van der Waals surface area contributed by atoms with Crippen LogP contribution in [0.2, 0.25) is 31.4 Å². The molecule has 174 valence electrons. The van der Waals surface area contributed by atoms with E-state index in [9.17, 15) is 0 Å². The van der Waals surface area contributed by atoms with Crippen LogP contribution in [-0.4, -0.2) is 32.8 Å². The van der Waals surface area contributed by atoms with Crippen molar-refractivity contribution in [1.29, 1.82) is 0 Å². The molecule has 1 atom stereocenters. The van der Waals surface area contributed by atoms with Crippen LogP contribution in [0.15, 0.2) is 10.2 Å². The van der Waals surface area contributed by atoms with Crippen LogP contribution in [0.1, 0.15) is 113 Å². The monoisotopic (exact) mass is 532 g/mol. The van der Waals surface area contributed by atoms with Gasteiger partial charge in [-0.15, -0.1) is 0 Å². The van der Waals surface area contributed by atoms with Crippen molar-refractivity contribution in [1.82, 2.24) is 0 Å². The quantitative estimate of drug-likeness (QED) is 0.142.